The van der Waals surface area contributed by atoms with Crippen molar-refractivity contribution in [2.75, 3.05) is 19.0 Å². The molecule has 2 aromatic carbocycles. The zero-order valence-electron chi connectivity index (χ0n) is 15.3. The molecule has 1 heterocycles. The third-order valence-electron chi connectivity index (χ3n) is 3.82. The first-order valence-electron chi connectivity index (χ1n) is 8.10. The highest BCUT2D eigenvalue weighted by molar-refractivity contribution is 5.94. The number of fused-ring (bicyclic) bond motifs is 1. The quantitative estimate of drug-likeness (QED) is 0.579. The lowest BCUT2D eigenvalue weighted by Crippen LogP contribution is -2.04. The van der Waals surface area contributed by atoms with Crippen LogP contribution >= 0.6 is 24.8 Å². The van der Waals surface area contributed by atoms with Crippen LogP contribution in [0, 0.1) is 6.92 Å². The lowest BCUT2D eigenvalue weighted by molar-refractivity contribution is 0.0526. The van der Waals surface area contributed by atoms with Gasteiger partial charge in [0.15, 0.2) is 0 Å². The fourth-order valence-electron chi connectivity index (χ4n) is 2.63. The summed E-state index contributed by atoms with van der Waals surface area (Å²) >= 11 is 0. The zero-order valence-corrected chi connectivity index (χ0v) is 16.9. The number of benzene rings is 2. The lowest BCUT2D eigenvalue weighted by atomic mass is 10.1. The molecule has 0 aliphatic carbocycles. The summed E-state index contributed by atoms with van der Waals surface area (Å²) in [4.78, 5) is 16.3. The van der Waals surface area contributed by atoms with Crippen LogP contribution in [0.5, 0.6) is 5.75 Å². The van der Waals surface area contributed by atoms with E-state index in [-0.39, 0.29) is 30.8 Å². The maximum atomic E-state index is 11.7. The Hall–Kier alpha value is -2.50. The minimum absolute atomic E-state index is 0. The molecule has 0 fully saturated rings. The topological polar surface area (TPSA) is 60.5 Å². The Kier molecular flexibility index (Phi) is 8.34. The number of hydrogen-bond donors (Lipinski definition) is 1. The van der Waals surface area contributed by atoms with Crippen molar-refractivity contribution in [3.63, 3.8) is 0 Å². The maximum Gasteiger partial charge on any atom is 0.338 e. The zero-order chi connectivity index (χ0) is 17.8. The fraction of sp³-hybridized carbons (Fsp3) is 0.200. The highest BCUT2D eigenvalue weighted by Gasteiger charge is 2.08. The van der Waals surface area contributed by atoms with Gasteiger partial charge in [-0.1, -0.05) is 0 Å². The van der Waals surface area contributed by atoms with Gasteiger partial charge < -0.3 is 14.8 Å². The molecule has 0 amide bonds. The van der Waals surface area contributed by atoms with E-state index in [9.17, 15) is 4.79 Å². The van der Waals surface area contributed by atoms with Gasteiger partial charge in [0.05, 0.1) is 24.8 Å². The number of ether oxygens (including phenoxy) is 2. The average Bonchev–Trinajstić information content (AvgIpc) is 2.62. The van der Waals surface area contributed by atoms with Crippen LogP contribution in [0.1, 0.15) is 23.0 Å². The Balaban J connectivity index is 0.00000182. The number of esters is 1. The van der Waals surface area contributed by atoms with Gasteiger partial charge in [-0.2, -0.15) is 0 Å². The smallest absolute Gasteiger partial charge is 0.338 e. The van der Waals surface area contributed by atoms with Gasteiger partial charge in [-0.25, -0.2) is 4.79 Å². The number of aryl methyl sites for hydroxylation is 1. The molecular weight excluding hydrogens is 387 g/mol. The molecule has 0 saturated heterocycles. The summed E-state index contributed by atoms with van der Waals surface area (Å²) < 4.78 is 10.3. The van der Waals surface area contributed by atoms with Crippen molar-refractivity contribution in [2.24, 2.45) is 0 Å². The molecule has 3 aromatic rings. The molecule has 0 spiro atoms. The summed E-state index contributed by atoms with van der Waals surface area (Å²) in [5.41, 5.74) is 4.16. The summed E-state index contributed by atoms with van der Waals surface area (Å²) in [7, 11) is 1.64. The van der Waals surface area contributed by atoms with Crippen LogP contribution in [0.25, 0.3) is 10.9 Å². The SMILES string of the molecule is CCOC(=O)c1ccc(Nc2cc(C)nc3ccc(OC)cc23)cc1.Cl.Cl. The van der Waals surface area contributed by atoms with E-state index in [0.717, 1.165) is 33.7 Å². The number of anilines is 2. The number of carbonyl (C=O) groups is 1. The van der Waals surface area contributed by atoms with Crippen LogP contribution in [0.3, 0.4) is 0 Å². The van der Waals surface area contributed by atoms with Gasteiger partial charge >= 0.3 is 5.97 Å². The number of nitrogens with one attached hydrogen (secondary N) is 1. The number of rotatable bonds is 5. The van der Waals surface area contributed by atoms with E-state index in [0.29, 0.717) is 12.2 Å². The standard InChI is InChI=1S/C20H20N2O3.2ClH/c1-4-25-20(23)14-5-7-15(8-6-14)22-19-11-13(2)21-18-10-9-16(24-3)12-17(18)19;;/h5-12H,4H2,1-3H3,(H,21,22);2*1H. The molecule has 0 aliphatic rings. The van der Waals surface area contributed by atoms with Crippen molar-refractivity contribution in [1.82, 2.24) is 4.98 Å². The van der Waals surface area contributed by atoms with Crippen LogP contribution in [0.15, 0.2) is 48.5 Å². The van der Waals surface area contributed by atoms with Crippen molar-refractivity contribution in [3.8, 4) is 5.75 Å². The second-order valence-corrected chi connectivity index (χ2v) is 5.62. The third-order valence-corrected chi connectivity index (χ3v) is 3.82. The second-order valence-electron chi connectivity index (χ2n) is 5.62. The molecule has 1 aromatic heterocycles. The Bertz CT molecular complexity index is 915. The molecule has 0 saturated carbocycles. The minimum Gasteiger partial charge on any atom is -0.497 e. The summed E-state index contributed by atoms with van der Waals surface area (Å²) in [6.07, 6.45) is 0. The van der Waals surface area contributed by atoms with Gasteiger partial charge in [0, 0.05) is 22.5 Å². The van der Waals surface area contributed by atoms with Gasteiger partial charge in [0.1, 0.15) is 5.75 Å². The van der Waals surface area contributed by atoms with E-state index in [1.165, 1.54) is 0 Å². The molecule has 0 radical (unpaired) electrons. The van der Waals surface area contributed by atoms with E-state index in [1.54, 1.807) is 26.2 Å². The van der Waals surface area contributed by atoms with Crippen LogP contribution < -0.4 is 10.1 Å². The predicted molar refractivity (Wildman–Crippen MR) is 113 cm³/mol. The average molecular weight is 409 g/mol. The normalized spacial score (nSPS) is 9.74. The summed E-state index contributed by atoms with van der Waals surface area (Å²) in [6, 6.07) is 15.0. The molecule has 0 aliphatic heterocycles. The number of nitrogens with zero attached hydrogens (tertiary/aromatic N) is 1. The number of aromatic nitrogens is 1. The molecule has 0 atom stereocenters. The molecule has 144 valence electrons. The fourth-order valence-corrected chi connectivity index (χ4v) is 2.63. The summed E-state index contributed by atoms with van der Waals surface area (Å²) in [5.74, 6) is 0.461. The number of methoxy groups -OCH3 is 1. The lowest BCUT2D eigenvalue weighted by Gasteiger charge is -2.12. The van der Waals surface area contributed by atoms with Crippen LogP contribution in [0.2, 0.25) is 0 Å². The first kappa shape index (κ1) is 22.5. The van der Waals surface area contributed by atoms with Crippen molar-refractivity contribution in [2.45, 2.75) is 13.8 Å². The van der Waals surface area contributed by atoms with Crippen LogP contribution in [-0.2, 0) is 4.74 Å². The highest BCUT2D eigenvalue weighted by atomic mass is 35.5. The van der Waals surface area contributed by atoms with Gasteiger partial charge in [-0.15, -0.1) is 24.8 Å². The molecule has 27 heavy (non-hydrogen) atoms. The first-order chi connectivity index (χ1) is 12.1. The Labute approximate surface area is 170 Å². The van der Waals surface area contributed by atoms with Gasteiger partial charge in [-0.05, 0) is 62.4 Å². The molecule has 0 bridgehead atoms. The van der Waals surface area contributed by atoms with E-state index >= 15 is 0 Å². The predicted octanol–water partition coefficient (Wildman–Crippen LogP) is 5.32. The molecular formula is C20H22Cl2N2O3. The highest BCUT2D eigenvalue weighted by Crippen LogP contribution is 2.29. The monoisotopic (exact) mass is 408 g/mol. The number of carbonyl (C=O) groups excluding carboxylic acids is 1. The van der Waals surface area contributed by atoms with Crippen LogP contribution in [0.4, 0.5) is 11.4 Å². The van der Waals surface area contributed by atoms with E-state index in [2.05, 4.69) is 10.3 Å². The van der Waals surface area contributed by atoms with Gasteiger partial charge in [0.25, 0.3) is 0 Å². The Morgan fingerprint density at radius 3 is 2.41 bits per heavy atom. The van der Waals surface area contributed by atoms with Crippen molar-refractivity contribution in [3.05, 3.63) is 59.8 Å². The Morgan fingerprint density at radius 1 is 1.07 bits per heavy atom. The molecule has 7 heteroatoms. The van der Waals surface area contributed by atoms with Crippen molar-refractivity contribution < 1.29 is 14.3 Å². The molecule has 3 rings (SSSR count). The van der Waals surface area contributed by atoms with Crippen molar-refractivity contribution in [1.29, 1.82) is 0 Å². The Morgan fingerprint density at radius 2 is 1.78 bits per heavy atom. The van der Waals surface area contributed by atoms with Crippen LogP contribution in [-0.4, -0.2) is 24.7 Å². The molecule has 0 unspecified atom stereocenters. The number of halogens is 2. The summed E-state index contributed by atoms with van der Waals surface area (Å²) in [5, 5.41) is 4.36. The van der Waals surface area contributed by atoms with E-state index in [4.69, 9.17) is 9.47 Å². The minimum atomic E-state index is -0.316. The van der Waals surface area contributed by atoms with E-state index in [1.807, 2.05) is 43.3 Å². The second kappa shape index (κ2) is 10.00. The largest absolute Gasteiger partial charge is 0.497 e. The molecule has 1 N–H and O–H groups in total. The summed E-state index contributed by atoms with van der Waals surface area (Å²) in [6.45, 7) is 4.11. The van der Waals surface area contributed by atoms with Gasteiger partial charge in [-0.3, -0.25) is 4.98 Å². The first-order valence-corrected chi connectivity index (χ1v) is 8.10. The number of hydrogen-bond acceptors (Lipinski definition) is 5. The number of pyridine rings is 1. The van der Waals surface area contributed by atoms with Gasteiger partial charge in [0.2, 0.25) is 0 Å². The van der Waals surface area contributed by atoms with E-state index < -0.39 is 0 Å². The van der Waals surface area contributed by atoms with Crippen molar-refractivity contribution >= 4 is 53.1 Å². The molecule has 5 nitrogen and oxygen atoms in total. The third kappa shape index (κ3) is 5.25. The maximum absolute atomic E-state index is 11.7.